The molecule has 7 heteroatoms. The zero-order valence-corrected chi connectivity index (χ0v) is 21.5. The zero-order valence-electron chi connectivity index (χ0n) is 21.5. The lowest BCUT2D eigenvalue weighted by Gasteiger charge is -2.05. The van der Waals surface area contributed by atoms with Crippen LogP contribution in [0.25, 0.3) is 0 Å². The number of hydrogen-bond donors (Lipinski definition) is 1. The topological polar surface area (TPSA) is 82.6 Å². The van der Waals surface area contributed by atoms with E-state index in [9.17, 15) is 4.79 Å². The van der Waals surface area contributed by atoms with Crippen molar-refractivity contribution in [2.45, 2.75) is 54.9 Å². The van der Waals surface area contributed by atoms with Gasteiger partial charge in [-0.1, -0.05) is 61.6 Å². The highest BCUT2D eigenvalue weighted by Gasteiger charge is 2.18. The van der Waals surface area contributed by atoms with Gasteiger partial charge in [-0.3, -0.25) is 9.79 Å². The molecule has 0 saturated heterocycles. The SMILES string of the molecule is C=CC(=NC(=NC)C(=C)/C=N\N(C)C)c1cc(C(=O)NC)c(CC)o1.CC.CC.CC. The highest BCUT2D eigenvalue weighted by Crippen LogP contribution is 2.18. The van der Waals surface area contributed by atoms with Crippen molar-refractivity contribution in [1.29, 1.82) is 0 Å². The van der Waals surface area contributed by atoms with Gasteiger partial charge in [0, 0.05) is 40.2 Å². The molecule has 31 heavy (non-hydrogen) atoms. The molecule has 0 radical (unpaired) electrons. The van der Waals surface area contributed by atoms with Crippen LogP contribution >= 0.6 is 0 Å². The molecule has 176 valence electrons. The van der Waals surface area contributed by atoms with Crippen LogP contribution < -0.4 is 5.32 Å². The first-order valence-corrected chi connectivity index (χ1v) is 10.8. The average Bonchev–Trinajstić information content (AvgIpc) is 3.26. The van der Waals surface area contributed by atoms with E-state index in [0.717, 1.165) is 0 Å². The number of nitrogens with zero attached hydrogens (tertiary/aromatic N) is 4. The number of aryl methyl sites for hydroxylation is 1. The third kappa shape index (κ3) is 11.7. The molecule has 1 heterocycles. The number of carbonyl (C=O) groups is 1. The molecule has 1 rings (SSSR count). The van der Waals surface area contributed by atoms with Gasteiger partial charge in [-0.05, 0) is 12.1 Å². The maximum atomic E-state index is 12.0. The fourth-order valence-corrected chi connectivity index (χ4v) is 1.97. The average molecular weight is 434 g/mol. The number of amides is 1. The van der Waals surface area contributed by atoms with Crippen LogP contribution in [0.15, 0.2) is 50.4 Å². The van der Waals surface area contributed by atoms with Crippen molar-refractivity contribution < 1.29 is 9.21 Å². The molecule has 0 fully saturated rings. The number of allylic oxidation sites excluding steroid dienone is 1. The lowest BCUT2D eigenvalue weighted by Crippen LogP contribution is -2.18. The first kappa shape index (κ1) is 32.7. The van der Waals surface area contributed by atoms with Crippen LogP contribution in [0.3, 0.4) is 0 Å². The molecule has 0 bridgehead atoms. The van der Waals surface area contributed by atoms with E-state index < -0.39 is 0 Å². The van der Waals surface area contributed by atoms with Crippen LogP contribution in [0.5, 0.6) is 0 Å². The number of carbonyl (C=O) groups excluding carboxylic acids is 1. The minimum absolute atomic E-state index is 0.206. The Bertz CT molecular complexity index is 741. The predicted molar refractivity (Wildman–Crippen MR) is 137 cm³/mol. The van der Waals surface area contributed by atoms with Crippen LogP contribution in [-0.4, -0.2) is 56.9 Å². The third-order valence-corrected chi connectivity index (χ3v) is 3.22. The Morgan fingerprint density at radius 1 is 1.19 bits per heavy atom. The summed E-state index contributed by atoms with van der Waals surface area (Å²) in [6.45, 7) is 21.6. The summed E-state index contributed by atoms with van der Waals surface area (Å²) in [5, 5.41) is 8.37. The molecule has 1 N–H and O–H groups in total. The van der Waals surface area contributed by atoms with E-state index in [1.54, 1.807) is 51.6 Å². The van der Waals surface area contributed by atoms with E-state index in [2.05, 4.69) is 33.6 Å². The van der Waals surface area contributed by atoms with Gasteiger partial charge in [-0.25, -0.2) is 4.99 Å². The van der Waals surface area contributed by atoms with Gasteiger partial charge in [0.05, 0.1) is 11.8 Å². The number of aliphatic imine (C=N–C) groups is 2. The first-order valence-electron chi connectivity index (χ1n) is 10.8. The van der Waals surface area contributed by atoms with Gasteiger partial charge in [0.15, 0.2) is 11.6 Å². The van der Waals surface area contributed by atoms with E-state index in [4.69, 9.17) is 4.42 Å². The Morgan fingerprint density at radius 2 is 1.74 bits per heavy atom. The van der Waals surface area contributed by atoms with Gasteiger partial charge in [-0.15, -0.1) is 0 Å². The van der Waals surface area contributed by atoms with Crippen LogP contribution in [0.2, 0.25) is 0 Å². The zero-order chi connectivity index (χ0) is 25.0. The Labute approximate surface area is 189 Å². The van der Waals surface area contributed by atoms with E-state index in [1.807, 2.05) is 48.5 Å². The number of nitrogens with one attached hydrogen (secondary N) is 1. The molecule has 0 spiro atoms. The van der Waals surface area contributed by atoms with Crippen molar-refractivity contribution in [3.05, 3.63) is 48.0 Å². The summed E-state index contributed by atoms with van der Waals surface area (Å²) < 4.78 is 5.77. The van der Waals surface area contributed by atoms with Crippen molar-refractivity contribution in [2.24, 2.45) is 15.1 Å². The van der Waals surface area contributed by atoms with Gasteiger partial charge in [-0.2, -0.15) is 5.10 Å². The number of hydrogen-bond acceptors (Lipinski definition) is 5. The molecule has 0 atom stereocenters. The van der Waals surface area contributed by atoms with Crippen molar-refractivity contribution in [3.63, 3.8) is 0 Å². The Morgan fingerprint density at radius 3 is 2.13 bits per heavy atom. The summed E-state index contributed by atoms with van der Waals surface area (Å²) in [6, 6.07) is 1.65. The van der Waals surface area contributed by atoms with Crippen molar-refractivity contribution in [3.8, 4) is 0 Å². The summed E-state index contributed by atoms with van der Waals surface area (Å²) in [4.78, 5) is 20.5. The minimum atomic E-state index is -0.206. The summed E-state index contributed by atoms with van der Waals surface area (Å²) in [6.07, 6.45) is 3.71. The monoisotopic (exact) mass is 433 g/mol. The van der Waals surface area contributed by atoms with Crippen LogP contribution in [0.1, 0.15) is 70.3 Å². The third-order valence-electron chi connectivity index (χ3n) is 3.22. The maximum Gasteiger partial charge on any atom is 0.254 e. The summed E-state index contributed by atoms with van der Waals surface area (Å²) >= 11 is 0. The molecule has 7 nitrogen and oxygen atoms in total. The molecular formula is C24H43N5O2. The molecular weight excluding hydrogens is 390 g/mol. The number of furan rings is 1. The number of rotatable bonds is 7. The Balaban J connectivity index is -0.00000120. The first-order chi connectivity index (χ1) is 14.9. The largest absolute Gasteiger partial charge is 0.459 e. The Kier molecular flexibility index (Phi) is 21.4. The van der Waals surface area contributed by atoms with Gasteiger partial charge < -0.3 is 14.7 Å². The molecule has 1 aromatic rings. The van der Waals surface area contributed by atoms with Crippen LogP contribution in [0, 0.1) is 0 Å². The van der Waals surface area contributed by atoms with Crippen molar-refractivity contribution in [2.75, 3.05) is 28.2 Å². The minimum Gasteiger partial charge on any atom is -0.459 e. The van der Waals surface area contributed by atoms with Crippen molar-refractivity contribution >= 4 is 23.7 Å². The van der Waals surface area contributed by atoms with Crippen LogP contribution in [0.4, 0.5) is 0 Å². The lowest BCUT2D eigenvalue weighted by atomic mass is 10.1. The van der Waals surface area contributed by atoms with E-state index in [1.165, 1.54) is 0 Å². The molecule has 0 aliphatic heterocycles. The smallest absolute Gasteiger partial charge is 0.254 e. The van der Waals surface area contributed by atoms with Crippen LogP contribution in [-0.2, 0) is 6.42 Å². The normalized spacial score (nSPS) is 10.5. The fourth-order valence-electron chi connectivity index (χ4n) is 1.97. The van der Waals surface area contributed by atoms with E-state index in [0.29, 0.717) is 40.6 Å². The standard InChI is InChI=1S/C18H25N5O2.3C2H6/c1-8-14(22-17(19-4)12(3)11-21-23(6)7)16-10-13(18(24)20-5)15(9-2)25-16;3*1-2/h8,10-11H,1,3,9H2,2,4-7H3,(H,20,24);3*1-2H3/b19-17?,21-11-,22-14?;;;. The number of hydrazone groups is 1. The van der Waals surface area contributed by atoms with Gasteiger partial charge >= 0.3 is 0 Å². The van der Waals surface area contributed by atoms with Gasteiger partial charge in [0.2, 0.25) is 0 Å². The van der Waals surface area contributed by atoms with E-state index >= 15 is 0 Å². The fraction of sp³-hybridized carbons (Fsp3) is 0.500. The van der Waals surface area contributed by atoms with Gasteiger partial charge in [0.25, 0.3) is 5.91 Å². The molecule has 1 aromatic heterocycles. The summed E-state index contributed by atoms with van der Waals surface area (Å²) in [5.74, 6) is 1.23. The van der Waals surface area contributed by atoms with Gasteiger partial charge in [0.1, 0.15) is 11.5 Å². The maximum absolute atomic E-state index is 12.0. The highest BCUT2D eigenvalue weighted by molar-refractivity contribution is 6.22. The van der Waals surface area contributed by atoms with E-state index in [-0.39, 0.29) is 5.91 Å². The molecule has 0 aromatic carbocycles. The Hall–Kier alpha value is -2.96. The number of amidine groups is 1. The second-order valence-electron chi connectivity index (χ2n) is 5.25. The molecule has 0 saturated carbocycles. The quantitative estimate of drug-likeness (QED) is 0.356. The second-order valence-corrected chi connectivity index (χ2v) is 5.25. The molecule has 0 aliphatic rings. The summed E-state index contributed by atoms with van der Waals surface area (Å²) in [5.41, 5.74) is 1.49. The lowest BCUT2D eigenvalue weighted by molar-refractivity contribution is 0.0961. The molecule has 0 unspecified atom stereocenters. The van der Waals surface area contributed by atoms with Crippen molar-refractivity contribution in [1.82, 2.24) is 10.3 Å². The molecule has 1 amide bonds. The summed E-state index contributed by atoms with van der Waals surface area (Å²) in [7, 11) is 6.80. The highest BCUT2D eigenvalue weighted by atomic mass is 16.3. The predicted octanol–water partition coefficient (Wildman–Crippen LogP) is 5.39. The molecule has 0 aliphatic carbocycles. The second kappa shape index (κ2) is 20.3.